The Hall–Kier alpha value is -3.46. The molecule has 2 aromatic carbocycles. The molecule has 0 bridgehead atoms. The number of rotatable bonds is 9. The third-order valence-electron chi connectivity index (χ3n) is 5.65. The van der Waals surface area contributed by atoms with Crippen LogP contribution < -0.4 is 5.76 Å². The topological polar surface area (TPSA) is 108 Å². The van der Waals surface area contributed by atoms with E-state index >= 15 is 0 Å². The summed E-state index contributed by atoms with van der Waals surface area (Å²) in [5.41, 5.74) is 1.56. The Morgan fingerprint density at radius 3 is 2.75 bits per heavy atom. The number of fused-ring (bicyclic) bond motifs is 1. The molecule has 0 spiro atoms. The highest BCUT2D eigenvalue weighted by atomic mass is 16.6. The number of ether oxygens (including phenoxy) is 1. The number of carbonyl (C=O) groups excluding carboxylic acids is 1. The average Bonchev–Trinajstić information content (AvgIpc) is 3.41. The van der Waals surface area contributed by atoms with Crippen molar-refractivity contribution in [2.75, 3.05) is 13.2 Å². The van der Waals surface area contributed by atoms with Crippen molar-refractivity contribution in [3.63, 3.8) is 0 Å². The average molecular weight is 439 g/mol. The third kappa shape index (κ3) is 5.05. The molecule has 9 nitrogen and oxygen atoms in total. The van der Waals surface area contributed by atoms with Crippen LogP contribution in [0.25, 0.3) is 11.1 Å². The number of oxazole rings is 1. The fourth-order valence-electron chi connectivity index (χ4n) is 4.02. The van der Waals surface area contributed by atoms with E-state index in [1.165, 1.54) is 22.8 Å². The highest BCUT2D eigenvalue weighted by molar-refractivity contribution is 5.77. The van der Waals surface area contributed by atoms with Gasteiger partial charge >= 0.3 is 5.76 Å². The molecule has 1 aliphatic heterocycles. The van der Waals surface area contributed by atoms with Crippen LogP contribution in [0.15, 0.2) is 57.7 Å². The fraction of sp³-hybridized carbons (Fsp3) is 0.391. The van der Waals surface area contributed by atoms with Crippen molar-refractivity contribution in [2.45, 2.75) is 44.9 Å². The summed E-state index contributed by atoms with van der Waals surface area (Å²) in [7, 11) is 0. The molecule has 168 valence electrons. The van der Waals surface area contributed by atoms with E-state index < -0.39 is 10.7 Å². The Morgan fingerprint density at radius 1 is 1.22 bits per heavy atom. The fourth-order valence-corrected chi connectivity index (χ4v) is 4.02. The molecule has 0 saturated carbocycles. The van der Waals surface area contributed by atoms with Crippen molar-refractivity contribution in [2.24, 2.45) is 0 Å². The maximum Gasteiger partial charge on any atom is 0.419 e. The van der Waals surface area contributed by atoms with Gasteiger partial charge in [0.05, 0.1) is 22.6 Å². The number of non-ortho nitro benzene ring substituents is 1. The lowest BCUT2D eigenvalue weighted by Gasteiger charge is -2.26. The summed E-state index contributed by atoms with van der Waals surface area (Å²) in [6, 6.07) is 13.9. The lowest BCUT2D eigenvalue weighted by molar-refractivity contribution is -0.384. The predicted molar refractivity (Wildman–Crippen MR) is 117 cm³/mol. The molecule has 0 radical (unpaired) electrons. The molecular formula is C23H25N3O6. The van der Waals surface area contributed by atoms with Gasteiger partial charge in [0.15, 0.2) is 5.58 Å². The highest BCUT2D eigenvalue weighted by Gasteiger charge is 2.23. The molecule has 9 heteroatoms. The number of aromatic nitrogens is 1. The molecule has 2 heterocycles. The van der Waals surface area contributed by atoms with Crippen LogP contribution >= 0.6 is 0 Å². The number of hydrogen-bond donors (Lipinski definition) is 0. The minimum Gasteiger partial charge on any atom is -0.407 e. The predicted octanol–water partition coefficient (Wildman–Crippen LogP) is 3.49. The number of aryl methyl sites for hydroxylation is 1. The van der Waals surface area contributed by atoms with Gasteiger partial charge in [-0.1, -0.05) is 30.3 Å². The second kappa shape index (κ2) is 9.78. The second-order valence-corrected chi connectivity index (χ2v) is 7.93. The molecule has 32 heavy (non-hydrogen) atoms. The van der Waals surface area contributed by atoms with Crippen molar-refractivity contribution < 1.29 is 18.9 Å². The van der Waals surface area contributed by atoms with Crippen molar-refractivity contribution in [1.29, 1.82) is 0 Å². The minimum absolute atomic E-state index is 0.000778. The van der Waals surface area contributed by atoms with Crippen molar-refractivity contribution in [3.05, 3.63) is 74.8 Å². The normalized spacial score (nSPS) is 15.8. The Balaban J connectivity index is 1.42. The first kappa shape index (κ1) is 21.8. The van der Waals surface area contributed by atoms with E-state index in [2.05, 4.69) is 0 Å². The van der Waals surface area contributed by atoms with E-state index in [1.54, 1.807) is 0 Å². The van der Waals surface area contributed by atoms with Gasteiger partial charge in [-0.05, 0) is 30.9 Å². The van der Waals surface area contributed by atoms with E-state index in [0.717, 1.165) is 25.0 Å². The van der Waals surface area contributed by atoms with Crippen LogP contribution in [-0.4, -0.2) is 39.6 Å². The number of carbonyl (C=O) groups is 1. The Morgan fingerprint density at radius 2 is 2.03 bits per heavy atom. The Labute approximate surface area is 184 Å². The summed E-state index contributed by atoms with van der Waals surface area (Å²) < 4.78 is 12.3. The van der Waals surface area contributed by atoms with Gasteiger partial charge in [-0.3, -0.25) is 19.5 Å². The van der Waals surface area contributed by atoms with Gasteiger partial charge in [0, 0.05) is 38.7 Å². The molecular weight excluding hydrogens is 414 g/mol. The molecule has 3 aromatic rings. The number of nitro groups is 1. The number of hydrogen-bond acceptors (Lipinski definition) is 6. The Bertz CT molecular complexity index is 1150. The number of benzene rings is 2. The zero-order chi connectivity index (χ0) is 22.5. The summed E-state index contributed by atoms with van der Waals surface area (Å²) in [5, 5.41) is 10.9. The monoisotopic (exact) mass is 439 g/mol. The largest absolute Gasteiger partial charge is 0.419 e. The highest BCUT2D eigenvalue weighted by Crippen LogP contribution is 2.21. The van der Waals surface area contributed by atoms with Crippen molar-refractivity contribution >= 4 is 22.7 Å². The number of nitro benzene ring substituents is 1. The number of nitrogens with zero attached hydrogens (tertiary/aromatic N) is 3. The van der Waals surface area contributed by atoms with Crippen LogP contribution in [0.5, 0.6) is 0 Å². The van der Waals surface area contributed by atoms with E-state index in [9.17, 15) is 19.7 Å². The van der Waals surface area contributed by atoms with Crippen molar-refractivity contribution in [1.82, 2.24) is 9.47 Å². The molecule has 1 aliphatic rings. The maximum absolute atomic E-state index is 13.0. The SMILES string of the molecule is O=C(CCCn1c(=O)oc2cc([N+](=O)[O-])ccc21)N(Cc1ccccc1)CC1CCCO1. The van der Waals surface area contributed by atoms with Crippen LogP contribution in [0.3, 0.4) is 0 Å². The first-order valence-electron chi connectivity index (χ1n) is 10.7. The summed E-state index contributed by atoms with van der Waals surface area (Å²) in [4.78, 5) is 37.4. The smallest absolute Gasteiger partial charge is 0.407 e. The third-order valence-corrected chi connectivity index (χ3v) is 5.65. The molecule has 1 saturated heterocycles. The zero-order valence-electron chi connectivity index (χ0n) is 17.6. The molecule has 4 rings (SSSR count). The van der Waals surface area contributed by atoms with E-state index in [-0.39, 0.29) is 36.2 Å². The Kier molecular flexibility index (Phi) is 6.65. The molecule has 1 aromatic heterocycles. The van der Waals surface area contributed by atoms with Gasteiger partial charge in [-0.25, -0.2) is 4.79 Å². The lowest BCUT2D eigenvalue weighted by Crippen LogP contribution is -2.37. The molecule has 1 atom stereocenters. The van der Waals surface area contributed by atoms with E-state index in [0.29, 0.717) is 25.0 Å². The summed E-state index contributed by atoms with van der Waals surface area (Å²) in [5.74, 6) is -0.589. The standard InChI is InChI=1S/C23H25N3O6/c27-22(24(16-19-8-5-13-31-19)15-17-6-2-1-3-7-17)9-4-12-25-20-11-10-18(26(29)30)14-21(20)32-23(25)28/h1-3,6-7,10-11,14,19H,4-5,8-9,12-13,15-16H2. The lowest BCUT2D eigenvalue weighted by atomic mass is 10.1. The second-order valence-electron chi connectivity index (χ2n) is 7.93. The first-order valence-corrected chi connectivity index (χ1v) is 10.7. The van der Waals surface area contributed by atoms with Crippen LogP contribution in [0.1, 0.15) is 31.2 Å². The maximum atomic E-state index is 13.0. The summed E-state index contributed by atoms with van der Waals surface area (Å²) in [6.45, 7) is 2.07. The van der Waals surface area contributed by atoms with Crippen LogP contribution in [-0.2, 0) is 22.6 Å². The van der Waals surface area contributed by atoms with Crippen LogP contribution in [0.2, 0.25) is 0 Å². The van der Waals surface area contributed by atoms with Crippen molar-refractivity contribution in [3.8, 4) is 0 Å². The zero-order valence-corrected chi connectivity index (χ0v) is 17.6. The van der Waals surface area contributed by atoms with E-state index in [4.69, 9.17) is 9.15 Å². The molecule has 1 fully saturated rings. The molecule has 0 aliphatic carbocycles. The van der Waals surface area contributed by atoms with Crippen LogP contribution in [0.4, 0.5) is 5.69 Å². The molecule has 1 amide bonds. The van der Waals surface area contributed by atoms with Gasteiger partial charge in [0.25, 0.3) is 5.69 Å². The summed E-state index contributed by atoms with van der Waals surface area (Å²) in [6.07, 6.45) is 2.72. The van der Waals surface area contributed by atoms with Gasteiger partial charge in [-0.15, -0.1) is 0 Å². The minimum atomic E-state index is -0.589. The van der Waals surface area contributed by atoms with Gasteiger partial charge < -0.3 is 14.1 Å². The summed E-state index contributed by atoms with van der Waals surface area (Å²) >= 11 is 0. The quantitative estimate of drug-likeness (QED) is 0.373. The number of amides is 1. The van der Waals surface area contributed by atoms with Gasteiger partial charge in [0.2, 0.25) is 5.91 Å². The van der Waals surface area contributed by atoms with Gasteiger partial charge in [-0.2, -0.15) is 0 Å². The van der Waals surface area contributed by atoms with Gasteiger partial charge in [0.1, 0.15) is 0 Å². The molecule has 0 N–H and O–H groups in total. The van der Waals surface area contributed by atoms with E-state index in [1.807, 2.05) is 35.2 Å². The first-order chi connectivity index (χ1) is 15.5. The van der Waals surface area contributed by atoms with Crippen LogP contribution in [0, 0.1) is 10.1 Å². The molecule has 1 unspecified atom stereocenters.